The summed E-state index contributed by atoms with van der Waals surface area (Å²) < 4.78 is 16.5. The van der Waals surface area contributed by atoms with Crippen LogP contribution in [0.5, 0.6) is 17.2 Å². The van der Waals surface area contributed by atoms with E-state index in [2.05, 4.69) is 10.6 Å². The third kappa shape index (κ3) is 6.39. The molecule has 2 aromatic rings. The van der Waals surface area contributed by atoms with Crippen LogP contribution in [0.2, 0.25) is 0 Å². The minimum atomic E-state index is -0.708. The lowest BCUT2D eigenvalue weighted by Gasteiger charge is -2.25. The highest BCUT2D eigenvalue weighted by Crippen LogP contribution is 2.31. The Bertz CT molecular complexity index is 926. The Balaban J connectivity index is 2.14. The lowest BCUT2D eigenvalue weighted by molar-refractivity contribution is -0.124. The number of carbonyl (C=O) groups is 2. The number of methoxy groups -OCH3 is 2. The monoisotopic (exact) mass is 442 g/mol. The molecular weight excluding hydrogens is 408 g/mol. The van der Waals surface area contributed by atoms with Crippen molar-refractivity contribution in [2.75, 3.05) is 14.2 Å². The molecule has 0 radical (unpaired) electrons. The fourth-order valence-electron chi connectivity index (χ4n) is 3.28. The molecule has 0 aliphatic carbocycles. The molecule has 2 aromatic carbocycles. The molecule has 2 unspecified atom stereocenters. The van der Waals surface area contributed by atoms with Gasteiger partial charge in [-0.1, -0.05) is 32.0 Å². The molecule has 2 amide bonds. The number of hydrogen-bond donors (Lipinski definition) is 2. The van der Waals surface area contributed by atoms with Gasteiger partial charge in [0.05, 0.1) is 31.9 Å². The van der Waals surface area contributed by atoms with Crippen molar-refractivity contribution in [1.29, 1.82) is 0 Å². The topological polar surface area (TPSA) is 85.9 Å². The van der Waals surface area contributed by atoms with Gasteiger partial charge < -0.3 is 24.8 Å². The zero-order valence-electron chi connectivity index (χ0n) is 19.9. The molecule has 0 fully saturated rings. The van der Waals surface area contributed by atoms with Crippen LogP contribution in [-0.4, -0.2) is 38.2 Å². The Morgan fingerprint density at radius 3 is 2.06 bits per heavy atom. The summed E-state index contributed by atoms with van der Waals surface area (Å²) in [4.78, 5) is 25.9. The van der Waals surface area contributed by atoms with Crippen molar-refractivity contribution in [1.82, 2.24) is 10.6 Å². The van der Waals surface area contributed by atoms with Gasteiger partial charge in [0.1, 0.15) is 11.8 Å². The molecule has 0 saturated heterocycles. The summed E-state index contributed by atoms with van der Waals surface area (Å²) in [6, 6.07) is 11.5. The summed E-state index contributed by atoms with van der Waals surface area (Å²) in [6.07, 6.45) is 0.0190. The number of benzene rings is 2. The first-order chi connectivity index (χ1) is 15.2. The van der Waals surface area contributed by atoms with Gasteiger partial charge in [0.2, 0.25) is 5.91 Å². The molecule has 2 atom stereocenters. The predicted octanol–water partition coefficient (Wildman–Crippen LogP) is 4.12. The number of hydrogen-bond acceptors (Lipinski definition) is 5. The first-order valence-electron chi connectivity index (χ1n) is 10.8. The molecule has 0 saturated carbocycles. The van der Waals surface area contributed by atoms with E-state index < -0.39 is 6.04 Å². The van der Waals surface area contributed by atoms with E-state index in [0.717, 1.165) is 5.56 Å². The molecule has 0 aliphatic rings. The van der Waals surface area contributed by atoms with Crippen LogP contribution in [0.1, 0.15) is 56.6 Å². The molecule has 0 bridgehead atoms. The summed E-state index contributed by atoms with van der Waals surface area (Å²) in [6.45, 7) is 9.55. The highest BCUT2D eigenvalue weighted by atomic mass is 16.5. The van der Waals surface area contributed by atoms with Crippen LogP contribution in [0.15, 0.2) is 42.5 Å². The molecule has 174 valence electrons. The zero-order valence-corrected chi connectivity index (χ0v) is 19.9. The molecular formula is C25H34N2O5. The standard InChI is InChI=1S/C25H34N2O5/c1-15(2)23(27-24(28)19-10-8-9-11-20(19)30-6)25(29)26-17(5)18-12-13-21(32-16(3)4)22(14-18)31-7/h8-17,23H,1-7H3,(H,26,29)(H,27,28). The molecule has 0 aliphatic heterocycles. The van der Waals surface area contributed by atoms with Crippen LogP contribution in [0.25, 0.3) is 0 Å². The van der Waals surface area contributed by atoms with Gasteiger partial charge in [-0.25, -0.2) is 0 Å². The van der Waals surface area contributed by atoms with Crippen molar-refractivity contribution in [2.24, 2.45) is 5.92 Å². The number of rotatable bonds is 10. The second-order valence-corrected chi connectivity index (χ2v) is 8.20. The van der Waals surface area contributed by atoms with E-state index in [1.807, 2.05) is 52.8 Å². The van der Waals surface area contributed by atoms with Crippen LogP contribution in [0.3, 0.4) is 0 Å². The third-order valence-electron chi connectivity index (χ3n) is 5.00. The van der Waals surface area contributed by atoms with Crippen LogP contribution in [0, 0.1) is 5.92 Å². The van der Waals surface area contributed by atoms with Crippen molar-refractivity contribution in [3.63, 3.8) is 0 Å². The van der Waals surface area contributed by atoms with E-state index in [1.54, 1.807) is 31.4 Å². The normalized spacial score (nSPS) is 12.8. The fraction of sp³-hybridized carbons (Fsp3) is 0.440. The summed E-state index contributed by atoms with van der Waals surface area (Å²) in [5, 5.41) is 5.83. The Hall–Kier alpha value is -3.22. The third-order valence-corrected chi connectivity index (χ3v) is 5.00. The van der Waals surface area contributed by atoms with Gasteiger partial charge in [-0.2, -0.15) is 0 Å². The van der Waals surface area contributed by atoms with E-state index in [9.17, 15) is 9.59 Å². The molecule has 2 N–H and O–H groups in total. The van der Waals surface area contributed by atoms with E-state index in [1.165, 1.54) is 7.11 Å². The zero-order chi connectivity index (χ0) is 23.8. The molecule has 32 heavy (non-hydrogen) atoms. The SMILES string of the molecule is COc1cc(C(C)NC(=O)C(NC(=O)c2ccccc2OC)C(C)C)ccc1OC(C)C. The van der Waals surface area contributed by atoms with E-state index in [0.29, 0.717) is 22.8 Å². The average molecular weight is 443 g/mol. The number of carbonyl (C=O) groups excluding carboxylic acids is 2. The van der Waals surface area contributed by atoms with Crippen molar-refractivity contribution >= 4 is 11.8 Å². The Morgan fingerprint density at radius 2 is 1.47 bits per heavy atom. The van der Waals surface area contributed by atoms with Crippen molar-refractivity contribution in [2.45, 2.75) is 52.8 Å². The van der Waals surface area contributed by atoms with E-state index in [4.69, 9.17) is 14.2 Å². The highest BCUT2D eigenvalue weighted by Gasteiger charge is 2.27. The summed E-state index contributed by atoms with van der Waals surface area (Å²) >= 11 is 0. The minimum absolute atomic E-state index is 0.0190. The molecule has 0 heterocycles. The number of amides is 2. The van der Waals surface area contributed by atoms with Gasteiger partial charge in [-0.15, -0.1) is 0 Å². The average Bonchev–Trinajstić information content (AvgIpc) is 2.76. The van der Waals surface area contributed by atoms with E-state index >= 15 is 0 Å². The molecule has 2 rings (SSSR count). The Labute approximate surface area is 190 Å². The van der Waals surface area contributed by atoms with Gasteiger partial charge in [0.25, 0.3) is 5.91 Å². The van der Waals surface area contributed by atoms with Gasteiger partial charge in [-0.05, 0) is 56.5 Å². The lowest BCUT2D eigenvalue weighted by Crippen LogP contribution is -2.50. The number of para-hydroxylation sites is 1. The van der Waals surface area contributed by atoms with Crippen LogP contribution in [-0.2, 0) is 4.79 Å². The number of ether oxygens (including phenoxy) is 3. The van der Waals surface area contributed by atoms with Crippen molar-refractivity contribution in [3.05, 3.63) is 53.6 Å². The first-order valence-corrected chi connectivity index (χ1v) is 10.8. The predicted molar refractivity (Wildman–Crippen MR) is 124 cm³/mol. The minimum Gasteiger partial charge on any atom is -0.496 e. The Morgan fingerprint density at radius 1 is 0.812 bits per heavy atom. The van der Waals surface area contributed by atoms with Crippen LogP contribution >= 0.6 is 0 Å². The van der Waals surface area contributed by atoms with Crippen molar-refractivity contribution in [3.8, 4) is 17.2 Å². The molecule has 7 heteroatoms. The maximum absolute atomic E-state index is 13.0. The summed E-state index contributed by atoms with van der Waals surface area (Å²) in [5.74, 6) is 0.961. The van der Waals surface area contributed by atoms with Crippen LogP contribution < -0.4 is 24.8 Å². The summed E-state index contributed by atoms with van der Waals surface area (Å²) in [7, 11) is 3.09. The van der Waals surface area contributed by atoms with Crippen LogP contribution in [0.4, 0.5) is 0 Å². The second kappa shape index (κ2) is 11.4. The molecule has 0 spiro atoms. The quantitative estimate of drug-likeness (QED) is 0.578. The maximum atomic E-state index is 13.0. The first kappa shape index (κ1) is 25.0. The second-order valence-electron chi connectivity index (χ2n) is 8.20. The van der Waals surface area contributed by atoms with Gasteiger partial charge in [0, 0.05) is 0 Å². The lowest BCUT2D eigenvalue weighted by atomic mass is 10.0. The van der Waals surface area contributed by atoms with Gasteiger partial charge in [0.15, 0.2) is 11.5 Å². The summed E-state index contributed by atoms with van der Waals surface area (Å²) in [5.41, 5.74) is 1.25. The van der Waals surface area contributed by atoms with Crippen molar-refractivity contribution < 1.29 is 23.8 Å². The highest BCUT2D eigenvalue weighted by molar-refractivity contribution is 5.99. The van der Waals surface area contributed by atoms with E-state index in [-0.39, 0.29) is 29.9 Å². The van der Waals surface area contributed by atoms with Gasteiger partial charge >= 0.3 is 0 Å². The Kier molecular flexibility index (Phi) is 8.93. The maximum Gasteiger partial charge on any atom is 0.255 e. The van der Waals surface area contributed by atoms with Gasteiger partial charge in [-0.3, -0.25) is 9.59 Å². The fourth-order valence-corrected chi connectivity index (χ4v) is 3.28. The smallest absolute Gasteiger partial charge is 0.255 e. The molecule has 0 aromatic heterocycles. The largest absolute Gasteiger partial charge is 0.496 e. The molecule has 7 nitrogen and oxygen atoms in total. The number of nitrogens with one attached hydrogen (secondary N) is 2.